The van der Waals surface area contributed by atoms with E-state index in [0.29, 0.717) is 55.5 Å². The predicted molar refractivity (Wildman–Crippen MR) is 146 cm³/mol. The number of aromatic nitrogens is 3. The Bertz CT molecular complexity index is 1290. The Balaban J connectivity index is 1.22. The molecule has 0 spiro atoms. The Labute approximate surface area is 223 Å². The van der Waals surface area contributed by atoms with Crippen LogP contribution in [0, 0.1) is 11.7 Å². The number of urea groups is 1. The van der Waals surface area contributed by atoms with Gasteiger partial charge in [-0.2, -0.15) is 5.10 Å². The minimum absolute atomic E-state index is 0.194. The fourth-order valence-electron chi connectivity index (χ4n) is 5.05. The Morgan fingerprint density at radius 2 is 1.97 bits per heavy atom. The molecule has 1 saturated heterocycles. The first-order chi connectivity index (χ1) is 18.4. The van der Waals surface area contributed by atoms with Crippen LogP contribution in [0.4, 0.5) is 20.7 Å². The molecule has 8 nitrogen and oxygen atoms in total. The Kier molecular flexibility index (Phi) is 7.93. The number of pyridine rings is 1. The molecular formula is C29H37FN6O2. The number of nitrogens with zero attached hydrogens (tertiary/aromatic N) is 4. The molecule has 0 unspecified atom stereocenters. The van der Waals surface area contributed by atoms with Gasteiger partial charge in [-0.05, 0) is 54.7 Å². The van der Waals surface area contributed by atoms with Gasteiger partial charge < -0.3 is 15.4 Å². The van der Waals surface area contributed by atoms with Gasteiger partial charge in [0.25, 0.3) is 0 Å². The first-order valence-electron chi connectivity index (χ1n) is 13.6. The minimum atomic E-state index is -0.272. The number of nitrogens with two attached hydrogens (primary N) is 1. The quantitative estimate of drug-likeness (QED) is 0.323. The van der Waals surface area contributed by atoms with Crippen molar-refractivity contribution in [1.29, 1.82) is 0 Å². The summed E-state index contributed by atoms with van der Waals surface area (Å²) in [5, 5.41) is 7.34. The summed E-state index contributed by atoms with van der Waals surface area (Å²) >= 11 is 0. The number of unbranched alkanes of at least 4 members (excludes halogenated alkanes) is 3. The van der Waals surface area contributed by atoms with Crippen LogP contribution in [-0.2, 0) is 24.2 Å². The van der Waals surface area contributed by atoms with Gasteiger partial charge in [0.15, 0.2) is 5.82 Å². The molecule has 3 aromatic rings. The first-order valence-corrected chi connectivity index (χ1v) is 13.6. The van der Waals surface area contributed by atoms with Gasteiger partial charge in [0.2, 0.25) is 0 Å². The standard InChI is InChI=1S/C29H37FN6O2/c1-19(2)7-5-3-4-6-8-20-13-21(9-10-24(20)30)26-12-11-25(31)28(33-26)34-29(37)35-15-22-14-32-36(27(22)16-35)23-17-38-18-23/h9-14,19,23H,3-8,15-18,31H2,1-2H3,(H,33,34,37). The number of ether oxygens (including phenoxy) is 1. The Morgan fingerprint density at radius 1 is 1.16 bits per heavy atom. The summed E-state index contributed by atoms with van der Waals surface area (Å²) in [4.78, 5) is 19.4. The zero-order valence-corrected chi connectivity index (χ0v) is 22.3. The van der Waals surface area contributed by atoms with E-state index in [1.165, 1.54) is 25.3 Å². The number of hydrogen-bond donors (Lipinski definition) is 2. The molecule has 3 N–H and O–H groups in total. The number of rotatable bonds is 10. The van der Waals surface area contributed by atoms with E-state index in [1.54, 1.807) is 23.1 Å². The van der Waals surface area contributed by atoms with E-state index in [1.807, 2.05) is 16.9 Å². The van der Waals surface area contributed by atoms with Crippen molar-refractivity contribution < 1.29 is 13.9 Å². The van der Waals surface area contributed by atoms with Crippen molar-refractivity contribution in [3.8, 4) is 11.3 Å². The van der Waals surface area contributed by atoms with Crippen LogP contribution >= 0.6 is 0 Å². The first kappa shape index (κ1) is 26.2. The van der Waals surface area contributed by atoms with Gasteiger partial charge >= 0.3 is 6.03 Å². The van der Waals surface area contributed by atoms with Crippen molar-refractivity contribution in [3.05, 3.63) is 59.2 Å². The lowest BCUT2D eigenvalue weighted by Gasteiger charge is -2.28. The average molecular weight is 521 g/mol. The zero-order valence-electron chi connectivity index (χ0n) is 22.3. The van der Waals surface area contributed by atoms with Crippen LogP contribution in [0.1, 0.15) is 68.8 Å². The van der Waals surface area contributed by atoms with Crippen LogP contribution < -0.4 is 11.1 Å². The molecule has 38 heavy (non-hydrogen) atoms. The van der Waals surface area contributed by atoms with Crippen LogP contribution in [0.5, 0.6) is 0 Å². The number of nitrogens with one attached hydrogen (secondary N) is 1. The van der Waals surface area contributed by atoms with Gasteiger partial charge in [-0.1, -0.05) is 39.5 Å². The second-order valence-electron chi connectivity index (χ2n) is 10.8. The summed E-state index contributed by atoms with van der Waals surface area (Å²) in [5.74, 6) is 0.834. The third-order valence-electron chi connectivity index (χ3n) is 7.41. The molecule has 1 aromatic carbocycles. The van der Waals surface area contributed by atoms with E-state index in [2.05, 4.69) is 29.2 Å². The molecule has 9 heteroatoms. The molecule has 0 radical (unpaired) electrons. The molecule has 2 amide bonds. The number of anilines is 2. The van der Waals surface area contributed by atoms with Crippen molar-refractivity contribution in [1.82, 2.24) is 19.7 Å². The van der Waals surface area contributed by atoms with E-state index in [0.717, 1.165) is 35.6 Å². The average Bonchev–Trinajstić information content (AvgIpc) is 3.45. The number of hydrogen-bond acceptors (Lipinski definition) is 5. The highest BCUT2D eigenvalue weighted by atomic mass is 19.1. The van der Waals surface area contributed by atoms with E-state index in [-0.39, 0.29) is 17.9 Å². The van der Waals surface area contributed by atoms with Crippen LogP contribution in [0.3, 0.4) is 0 Å². The summed E-state index contributed by atoms with van der Waals surface area (Å²) in [7, 11) is 0. The number of aryl methyl sites for hydroxylation is 1. The number of carbonyl (C=O) groups is 1. The van der Waals surface area contributed by atoms with E-state index in [9.17, 15) is 9.18 Å². The largest absolute Gasteiger partial charge is 0.396 e. The third-order valence-corrected chi connectivity index (χ3v) is 7.41. The lowest BCUT2D eigenvalue weighted by atomic mass is 10.00. The van der Waals surface area contributed by atoms with Gasteiger partial charge in [-0.3, -0.25) is 10.00 Å². The lowest BCUT2D eigenvalue weighted by Crippen LogP contribution is -2.34. The molecule has 2 aliphatic heterocycles. The topological polar surface area (TPSA) is 98.3 Å². The minimum Gasteiger partial charge on any atom is -0.396 e. The van der Waals surface area contributed by atoms with E-state index in [4.69, 9.17) is 10.5 Å². The van der Waals surface area contributed by atoms with Gasteiger partial charge in [0.05, 0.1) is 55.6 Å². The zero-order chi connectivity index (χ0) is 26.6. The van der Waals surface area contributed by atoms with Crippen molar-refractivity contribution >= 4 is 17.5 Å². The summed E-state index contributed by atoms with van der Waals surface area (Å²) < 4.78 is 21.8. The highest BCUT2D eigenvalue weighted by Crippen LogP contribution is 2.30. The SMILES string of the molecule is CC(C)CCCCCCc1cc(-c2ccc(N)c(NC(=O)N3Cc4cnn(C5COC5)c4C3)n2)ccc1F. The molecular weight excluding hydrogens is 483 g/mol. The summed E-state index contributed by atoms with van der Waals surface area (Å²) in [6, 6.07) is 8.57. The van der Waals surface area contributed by atoms with Crippen LogP contribution in [0.25, 0.3) is 11.3 Å². The molecule has 1 fully saturated rings. The molecule has 5 rings (SSSR count). The fourth-order valence-corrected chi connectivity index (χ4v) is 5.05. The van der Waals surface area contributed by atoms with Crippen LogP contribution in [0.15, 0.2) is 36.5 Å². The van der Waals surface area contributed by atoms with Gasteiger partial charge in [0, 0.05) is 11.1 Å². The maximum atomic E-state index is 14.5. The third kappa shape index (κ3) is 5.83. The maximum absolute atomic E-state index is 14.5. The van der Waals surface area contributed by atoms with Crippen molar-refractivity contribution in [2.45, 2.75) is 71.5 Å². The van der Waals surface area contributed by atoms with E-state index >= 15 is 0 Å². The lowest BCUT2D eigenvalue weighted by molar-refractivity contribution is -0.0300. The number of halogens is 1. The molecule has 0 atom stereocenters. The molecule has 2 aromatic heterocycles. The Hall–Kier alpha value is -3.46. The van der Waals surface area contributed by atoms with E-state index < -0.39 is 0 Å². The second kappa shape index (κ2) is 11.5. The summed E-state index contributed by atoms with van der Waals surface area (Å²) in [6.07, 6.45) is 8.22. The van der Waals surface area contributed by atoms with Crippen molar-refractivity contribution in [2.75, 3.05) is 24.3 Å². The van der Waals surface area contributed by atoms with Gasteiger partial charge in [-0.25, -0.2) is 14.2 Å². The smallest absolute Gasteiger partial charge is 0.323 e. The number of fused-ring (bicyclic) bond motifs is 1. The molecule has 4 heterocycles. The van der Waals surface area contributed by atoms with Gasteiger partial charge in [-0.15, -0.1) is 0 Å². The number of benzene rings is 1. The number of carbonyl (C=O) groups excluding carboxylic acids is 1. The van der Waals surface area contributed by atoms with Crippen LogP contribution in [0.2, 0.25) is 0 Å². The second-order valence-corrected chi connectivity index (χ2v) is 10.8. The maximum Gasteiger partial charge on any atom is 0.323 e. The van der Waals surface area contributed by atoms with Crippen LogP contribution in [-0.4, -0.2) is 38.9 Å². The number of amides is 2. The molecule has 0 aliphatic carbocycles. The molecule has 2 aliphatic rings. The van der Waals surface area contributed by atoms with Crippen molar-refractivity contribution in [2.24, 2.45) is 5.92 Å². The molecule has 0 bridgehead atoms. The monoisotopic (exact) mass is 520 g/mol. The normalized spacial score (nSPS) is 15.1. The van der Waals surface area contributed by atoms with Gasteiger partial charge in [0.1, 0.15) is 5.82 Å². The number of nitrogen functional groups attached to an aromatic ring is 1. The summed E-state index contributed by atoms with van der Waals surface area (Å²) in [5.41, 5.74) is 10.8. The highest BCUT2D eigenvalue weighted by Gasteiger charge is 2.32. The summed E-state index contributed by atoms with van der Waals surface area (Å²) in [6.45, 7) is 6.73. The molecule has 0 saturated carbocycles. The van der Waals surface area contributed by atoms with Crippen molar-refractivity contribution in [3.63, 3.8) is 0 Å². The molecule has 202 valence electrons. The fraction of sp³-hybridized carbons (Fsp3) is 0.483. The predicted octanol–water partition coefficient (Wildman–Crippen LogP) is 5.93. The highest BCUT2D eigenvalue weighted by molar-refractivity contribution is 5.92. The Morgan fingerprint density at radius 3 is 2.74 bits per heavy atom.